The molecule has 120 valence electrons. The molecule has 1 aliphatic rings. The van der Waals surface area contributed by atoms with Crippen LogP contribution in [-0.2, 0) is 14.8 Å². The summed E-state index contributed by atoms with van der Waals surface area (Å²) in [6.45, 7) is 6.62. The SMILES string of the molecule is CCC(CC)CS(=O)(=O)N1CCC(OCCCN)CC1. The molecule has 20 heavy (non-hydrogen) atoms. The van der Waals surface area contributed by atoms with E-state index in [1.807, 2.05) is 0 Å². The second kappa shape index (κ2) is 8.97. The Morgan fingerprint density at radius 2 is 1.85 bits per heavy atom. The van der Waals surface area contributed by atoms with Crippen LogP contribution >= 0.6 is 0 Å². The maximum absolute atomic E-state index is 12.3. The lowest BCUT2D eigenvalue weighted by molar-refractivity contribution is 0.0208. The molecule has 0 radical (unpaired) electrons. The van der Waals surface area contributed by atoms with E-state index in [1.165, 1.54) is 0 Å². The number of hydrogen-bond acceptors (Lipinski definition) is 4. The van der Waals surface area contributed by atoms with E-state index in [2.05, 4.69) is 13.8 Å². The van der Waals surface area contributed by atoms with E-state index in [-0.39, 0.29) is 12.0 Å². The zero-order valence-corrected chi connectivity index (χ0v) is 13.7. The van der Waals surface area contributed by atoms with Crippen molar-refractivity contribution in [2.75, 3.05) is 32.0 Å². The summed E-state index contributed by atoms with van der Waals surface area (Å²) in [5.41, 5.74) is 5.43. The number of nitrogens with zero attached hydrogens (tertiary/aromatic N) is 1. The molecule has 0 amide bonds. The summed E-state index contributed by atoms with van der Waals surface area (Å²) in [5.74, 6) is 0.567. The summed E-state index contributed by atoms with van der Waals surface area (Å²) < 4.78 is 32.1. The van der Waals surface area contributed by atoms with Crippen LogP contribution in [0, 0.1) is 5.92 Å². The van der Waals surface area contributed by atoms with Crippen LogP contribution in [0.3, 0.4) is 0 Å². The Hall–Kier alpha value is -0.170. The number of rotatable bonds is 9. The Morgan fingerprint density at radius 3 is 2.35 bits per heavy atom. The Balaban J connectivity index is 2.39. The molecular weight excluding hydrogens is 276 g/mol. The van der Waals surface area contributed by atoms with Crippen LogP contribution in [0.25, 0.3) is 0 Å². The van der Waals surface area contributed by atoms with Gasteiger partial charge in [-0.05, 0) is 31.7 Å². The first-order valence-corrected chi connectivity index (χ1v) is 9.43. The first kappa shape index (κ1) is 17.9. The fourth-order valence-electron chi connectivity index (χ4n) is 2.54. The van der Waals surface area contributed by atoms with Gasteiger partial charge in [0.1, 0.15) is 0 Å². The lowest BCUT2D eigenvalue weighted by Crippen LogP contribution is -2.43. The van der Waals surface area contributed by atoms with Crippen molar-refractivity contribution >= 4 is 10.0 Å². The van der Waals surface area contributed by atoms with Crippen LogP contribution in [0.2, 0.25) is 0 Å². The highest BCUT2D eigenvalue weighted by molar-refractivity contribution is 7.89. The Labute approximate surface area is 123 Å². The molecule has 0 bridgehead atoms. The molecular formula is C14H30N2O3S. The van der Waals surface area contributed by atoms with Crippen LogP contribution in [0.15, 0.2) is 0 Å². The van der Waals surface area contributed by atoms with E-state index in [4.69, 9.17) is 10.5 Å². The van der Waals surface area contributed by atoms with E-state index in [9.17, 15) is 8.42 Å². The van der Waals surface area contributed by atoms with Gasteiger partial charge in [-0.1, -0.05) is 26.7 Å². The summed E-state index contributed by atoms with van der Waals surface area (Å²) >= 11 is 0. The predicted molar refractivity (Wildman–Crippen MR) is 82.1 cm³/mol. The quantitative estimate of drug-likeness (QED) is 0.657. The summed E-state index contributed by atoms with van der Waals surface area (Å²) in [5, 5.41) is 0. The summed E-state index contributed by atoms with van der Waals surface area (Å²) in [7, 11) is -3.10. The van der Waals surface area contributed by atoms with Crippen molar-refractivity contribution in [3.8, 4) is 0 Å². The van der Waals surface area contributed by atoms with E-state index in [0.717, 1.165) is 32.1 Å². The smallest absolute Gasteiger partial charge is 0.214 e. The highest BCUT2D eigenvalue weighted by atomic mass is 32.2. The normalized spacial score (nSPS) is 18.8. The number of nitrogens with two attached hydrogens (primary N) is 1. The van der Waals surface area contributed by atoms with Crippen molar-refractivity contribution < 1.29 is 13.2 Å². The topological polar surface area (TPSA) is 72.6 Å². The van der Waals surface area contributed by atoms with Crippen LogP contribution in [-0.4, -0.2) is 50.8 Å². The highest BCUT2D eigenvalue weighted by Gasteiger charge is 2.29. The van der Waals surface area contributed by atoms with Crippen LogP contribution in [0.1, 0.15) is 46.0 Å². The maximum atomic E-state index is 12.3. The van der Waals surface area contributed by atoms with E-state index >= 15 is 0 Å². The Morgan fingerprint density at radius 1 is 1.25 bits per heavy atom. The maximum Gasteiger partial charge on any atom is 0.214 e. The van der Waals surface area contributed by atoms with Gasteiger partial charge in [-0.25, -0.2) is 12.7 Å². The highest BCUT2D eigenvalue weighted by Crippen LogP contribution is 2.20. The summed E-state index contributed by atoms with van der Waals surface area (Å²) in [4.78, 5) is 0. The van der Waals surface area contributed by atoms with Crippen LogP contribution < -0.4 is 5.73 Å². The molecule has 0 aromatic rings. The third kappa shape index (κ3) is 5.68. The standard InChI is InChI=1S/C14H30N2O3S/c1-3-13(4-2)12-20(17,18)16-9-6-14(7-10-16)19-11-5-8-15/h13-14H,3-12,15H2,1-2H3. The first-order valence-electron chi connectivity index (χ1n) is 7.83. The zero-order valence-electron chi connectivity index (χ0n) is 12.9. The van der Waals surface area contributed by atoms with Gasteiger partial charge in [-0.3, -0.25) is 0 Å². The average molecular weight is 306 g/mol. The van der Waals surface area contributed by atoms with Gasteiger partial charge in [0.15, 0.2) is 0 Å². The molecule has 1 fully saturated rings. The molecule has 0 unspecified atom stereocenters. The average Bonchev–Trinajstić information content (AvgIpc) is 2.45. The third-order valence-corrected chi connectivity index (χ3v) is 6.14. The molecule has 1 rings (SSSR count). The summed E-state index contributed by atoms with van der Waals surface area (Å²) in [6.07, 6.45) is 4.51. The molecule has 0 aromatic heterocycles. The fraction of sp³-hybridized carbons (Fsp3) is 1.00. The zero-order chi connectivity index (χ0) is 15.0. The van der Waals surface area contributed by atoms with Gasteiger partial charge in [0.05, 0.1) is 11.9 Å². The van der Waals surface area contributed by atoms with Gasteiger partial charge in [0.25, 0.3) is 0 Å². The Bertz CT molecular complexity index is 347. The number of sulfonamides is 1. The Kier molecular flexibility index (Phi) is 8.02. The number of hydrogen-bond donors (Lipinski definition) is 1. The van der Waals surface area contributed by atoms with Crippen molar-refractivity contribution in [1.29, 1.82) is 0 Å². The molecule has 0 spiro atoms. The fourth-order valence-corrected chi connectivity index (χ4v) is 4.58. The minimum atomic E-state index is -3.10. The third-order valence-electron chi connectivity index (χ3n) is 4.10. The summed E-state index contributed by atoms with van der Waals surface area (Å²) in [6, 6.07) is 0. The van der Waals surface area contributed by atoms with Crippen LogP contribution in [0.4, 0.5) is 0 Å². The molecule has 0 saturated carbocycles. The molecule has 2 N–H and O–H groups in total. The van der Waals surface area contributed by atoms with Gasteiger partial charge in [0.2, 0.25) is 10.0 Å². The molecule has 1 saturated heterocycles. The number of ether oxygens (including phenoxy) is 1. The number of piperidine rings is 1. The van der Waals surface area contributed by atoms with Gasteiger partial charge < -0.3 is 10.5 Å². The van der Waals surface area contributed by atoms with Gasteiger partial charge >= 0.3 is 0 Å². The minimum absolute atomic E-state index is 0.196. The molecule has 1 aliphatic heterocycles. The second-order valence-corrected chi connectivity index (χ2v) is 7.59. The van der Waals surface area contributed by atoms with Crippen molar-refractivity contribution in [2.24, 2.45) is 11.7 Å². The molecule has 5 nitrogen and oxygen atoms in total. The van der Waals surface area contributed by atoms with Crippen molar-refractivity contribution in [3.05, 3.63) is 0 Å². The van der Waals surface area contributed by atoms with E-state index in [0.29, 0.717) is 32.0 Å². The van der Waals surface area contributed by atoms with Gasteiger partial charge in [0, 0.05) is 19.7 Å². The van der Waals surface area contributed by atoms with Crippen LogP contribution in [0.5, 0.6) is 0 Å². The second-order valence-electron chi connectivity index (χ2n) is 5.57. The molecule has 1 heterocycles. The lowest BCUT2D eigenvalue weighted by atomic mass is 10.1. The van der Waals surface area contributed by atoms with E-state index < -0.39 is 10.0 Å². The van der Waals surface area contributed by atoms with Crippen molar-refractivity contribution in [2.45, 2.75) is 52.1 Å². The lowest BCUT2D eigenvalue weighted by Gasteiger charge is -2.32. The predicted octanol–water partition coefficient (Wildman–Crippen LogP) is 1.58. The molecule has 0 aliphatic carbocycles. The van der Waals surface area contributed by atoms with Crippen molar-refractivity contribution in [3.63, 3.8) is 0 Å². The van der Waals surface area contributed by atoms with Crippen molar-refractivity contribution in [1.82, 2.24) is 4.31 Å². The first-order chi connectivity index (χ1) is 9.53. The monoisotopic (exact) mass is 306 g/mol. The van der Waals surface area contributed by atoms with Gasteiger partial charge in [-0.15, -0.1) is 0 Å². The molecule has 6 heteroatoms. The minimum Gasteiger partial charge on any atom is -0.378 e. The largest absolute Gasteiger partial charge is 0.378 e. The van der Waals surface area contributed by atoms with E-state index in [1.54, 1.807) is 4.31 Å². The van der Waals surface area contributed by atoms with Gasteiger partial charge in [-0.2, -0.15) is 0 Å². The molecule has 0 aromatic carbocycles. The molecule has 0 atom stereocenters.